The number of aromatic amines is 2. The quantitative estimate of drug-likeness (QED) is 0.564. The molecular formula is C16H15N3O2. The van der Waals surface area contributed by atoms with E-state index >= 15 is 0 Å². The van der Waals surface area contributed by atoms with Crippen LogP contribution in [0.25, 0.3) is 0 Å². The molecule has 0 aliphatic carbocycles. The molecule has 0 saturated carbocycles. The molecule has 1 aromatic carbocycles. The van der Waals surface area contributed by atoms with Crippen molar-refractivity contribution in [1.29, 1.82) is 0 Å². The summed E-state index contributed by atoms with van der Waals surface area (Å²) in [7, 11) is 0. The van der Waals surface area contributed by atoms with E-state index in [9.17, 15) is 10.1 Å². The van der Waals surface area contributed by atoms with Gasteiger partial charge in [-0.1, -0.05) is 6.07 Å². The number of nitro benzene ring substituents is 1. The largest absolute Gasteiger partial charge is 0.364 e. The smallest absolute Gasteiger partial charge is 0.269 e. The van der Waals surface area contributed by atoms with Gasteiger partial charge in [0.2, 0.25) is 0 Å². The summed E-state index contributed by atoms with van der Waals surface area (Å²) in [6.45, 7) is 1.97. The fraction of sp³-hybridized carbons (Fsp3) is 0.125. The van der Waals surface area contributed by atoms with Crippen molar-refractivity contribution in [2.45, 2.75) is 12.8 Å². The van der Waals surface area contributed by atoms with Gasteiger partial charge in [0, 0.05) is 35.9 Å². The molecule has 0 amide bonds. The number of hydrogen-bond donors (Lipinski definition) is 2. The number of aromatic nitrogens is 2. The van der Waals surface area contributed by atoms with Crippen LogP contribution in [0.5, 0.6) is 0 Å². The third-order valence-electron chi connectivity index (χ3n) is 3.65. The van der Waals surface area contributed by atoms with Crippen molar-refractivity contribution in [1.82, 2.24) is 9.97 Å². The van der Waals surface area contributed by atoms with Crippen LogP contribution in [-0.4, -0.2) is 14.9 Å². The first-order valence-electron chi connectivity index (χ1n) is 6.68. The minimum Gasteiger partial charge on any atom is -0.364 e. The van der Waals surface area contributed by atoms with Gasteiger partial charge < -0.3 is 9.97 Å². The Balaban J connectivity index is 2.17. The first kappa shape index (κ1) is 13.2. The van der Waals surface area contributed by atoms with Gasteiger partial charge in [-0.25, -0.2) is 0 Å². The van der Waals surface area contributed by atoms with E-state index in [0.717, 1.165) is 22.5 Å². The fourth-order valence-electron chi connectivity index (χ4n) is 2.60. The van der Waals surface area contributed by atoms with Crippen molar-refractivity contribution in [2.75, 3.05) is 0 Å². The number of aryl methyl sites for hydroxylation is 1. The molecule has 0 fully saturated rings. The lowest BCUT2D eigenvalue weighted by Gasteiger charge is -2.17. The summed E-state index contributed by atoms with van der Waals surface area (Å²) in [5, 5.41) is 11.0. The normalized spacial score (nSPS) is 11.0. The molecule has 2 aromatic heterocycles. The monoisotopic (exact) mass is 281 g/mol. The van der Waals surface area contributed by atoms with Gasteiger partial charge in [0.05, 0.1) is 10.8 Å². The minimum absolute atomic E-state index is 0.0742. The number of benzene rings is 1. The van der Waals surface area contributed by atoms with Crippen LogP contribution in [0.3, 0.4) is 0 Å². The van der Waals surface area contributed by atoms with Crippen molar-refractivity contribution in [2.24, 2.45) is 0 Å². The van der Waals surface area contributed by atoms with Crippen molar-refractivity contribution in [3.8, 4) is 0 Å². The molecule has 5 heteroatoms. The number of hydrogen-bond acceptors (Lipinski definition) is 2. The summed E-state index contributed by atoms with van der Waals surface area (Å²) in [5.41, 5.74) is 4.06. The molecule has 0 saturated heterocycles. The zero-order valence-electron chi connectivity index (χ0n) is 11.5. The maximum absolute atomic E-state index is 11.0. The second-order valence-corrected chi connectivity index (χ2v) is 4.98. The van der Waals surface area contributed by atoms with E-state index in [1.54, 1.807) is 18.2 Å². The van der Waals surface area contributed by atoms with Gasteiger partial charge in [0.15, 0.2) is 0 Å². The molecule has 3 rings (SSSR count). The zero-order valence-corrected chi connectivity index (χ0v) is 11.5. The van der Waals surface area contributed by atoms with Gasteiger partial charge in [-0.15, -0.1) is 0 Å². The molecule has 0 bridgehead atoms. The van der Waals surface area contributed by atoms with Crippen LogP contribution in [0.1, 0.15) is 28.4 Å². The van der Waals surface area contributed by atoms with Crippen molar-refractivity contribution >= 4 is 5.69 Å². The molecular weight excluding hydrogens is 266 g/mol. The van der Waals surface area contributed by atoms with Gasteiger partial charge in [0.25, 0.3) is 5.69 Å². The standard InChI is InChI=1S/C16H15N3O2/c1-11-6-7-12(19(20)21)10-13(11)16(14-4-2-8-17-14)15-5-3-9-18-15/h2-10,16-18H,1H3. The molecule has 0 spiro atoms. The third-order valence-corrected chi connectivity index (χ3v) is 3.65. The Morgan fingerprint density at radius 1 is 1.05 bits per heavy atom. The Hall–Kier alpha value is -2.82. The van der Waals surface area contributed by atoms with E-state index in [1.165, 1.54) is 0 Å². The predicted octanol–water partition coefficient (Wildman–Crippen LogP) is 3.74. The van der Waals surface area contributed by atoms with Crippen LogP contribution in [0.15, 0.2) is 54.9 Å². The zero-order chi connectivity index (χ0) is 14.8. The highest BCUT2D eigenvalue weighted by molar-refractivity contribution is 5.47. The third kappa shape index (κ3) is 2.45. The highest BCUT2D eigenvalue weighted by atomic mass is 16.6. The lowest BCUT2D eigenvalue weighted by Crippen LogP contribution is -2.07. The average Bonchev–Trinajstić information content (AvgIpc) is 3.14. The summed E-state index contributed by atoms with van der Waals surface area (Å²) in [6.07, 6.45) is 3.72. The number of non-ortho nitro benzene ring substituents is 1. The molecule has 21 heavy (non-hydrogen) atoms. The average molecular weight is 281 g/mol. The maximum Gasteiger partial charge on any atom is 0.269 e. The highest BCUT2D eigenvalue weighted by Crippen LogP contribution is 2.33. The summed E-state index contributed by atoms with van der Waals surface area (Å²) >= 11 is 0. The Kier molecular flexibility index (Phi) is 3.31. The van der Waals surface area contributed by atoms with Gasteiger partial charge in [0.1, 0.15) is 0 Å². The lowest BCUT2D eigenvalue weighted by atomic mass is 9.89. The van der Waals surface area contributed by atoms with E-state index in [-0.39, 0.29) is 16.5 Å². The van der Waals surface area contributed by atoms with Crippen LogP contribution in [-0.2, 0) is 0 Å². The van der Waals surface area contributed by atoms with E-state index in [2.05, 4.69) is 9.97 Å². The highest BCUT2D eigenvalue weighted by Gasteiger charge is 2.22. The molecule has 2 N–H and O–H groups in total. The fourth-order valence-corrected chi connectivity index (χ4v) is 2.60. The van der Waals surface area contributed by atoms with Gasteiger partial charge >= 0.3 is 0 Å². The Morgan fingerprint density at radius 2 is 1.67 bits per heavy atom. The Morgan fingerprint density at radius 3 is 2.14 bits per heavy atom. The molecule has 0 aliphatic rings. The number of nitrogens with zero attached hydrogens (tertiary/aromatic N) is 1. The summed E-state index contributed by atoms with van der Waals surface area (Å²) in [5.74, 6) is -0.0742. The molecule has 0 radical (unpaired) electrons. The lowest BCUT2D eigenvalue weighted by molar-refractivity contribution is -0.384. The Labute approximate surface area is 121 Å². The molecule has 5 nitrogen and oxygen atoms in total. The number of nitrogens with one attached hydrogen (secondary N) is 2. The maximum atomic E-state index is 11.0. The minimum atomic E-state index is -0.358. The van der Waals surface area contributed by atoms with Gasteiger partial charge in [-0.2, -0.15) is 0 Å². The summed E-state index contributed by atoms with van der Waals surface area (Å²) in [6, 6.07) is 12.8. The van der Waals surface area contributed by atoms with Crippen molar-refractivity contribution in [3.63, 3.8) is 0 Å². The molecule has 0 atom stereocenters. The van der Waals surface area contributed by atoms with E-state index in [0.29, 0.717) is 0 Å². The van der Waals surface area contributed by atoms with Crippen LogP contribution in [0.4, 0.5) is 5.69 Å². The molecule has 2 heterocycles. The second kappa shape index (κ2) is 5.28. The number of H-pyrrole nitrogens is 2. The van der Waals surface area contributed by atoms with Crippen LogP contribution >= 0.6 is 0 Å². The first-order valence-corrected chi connectivity index (χ1v) is 6.68. The van der Waals surface area contributed by atoms with Crippen molar-refractivity contribution in [3.05, 3.63) is 87.5 Å². The van der Waals surface area contributed by atoms with E-state index in [4.69, 9.17) is 0 Å². The Bertz CT molecular complexity index is 712. The van der Waals surface area contributed by atoms with Crippen LogP contribution in [0, 0.1) is 17.0 Å². The number of rotatable bonds is 4. The summed E-state index contributed by atoms with van der Waals surface area (Å²) < 4.78 is 0. The topological polar surface area (TPSA) is 74.7 Å². The molecule has 0 aliphatic heterocycles. The van der Waals surface area contributed by atoms with Crippen molar-refractivity contribution < 1.29 is 4.92 Å². The predicted molar refractivity (Wildman–Crippen MR) is 80.4 cm³/mol. The van der Waals surface area contributed by atoms with E-state index < -0.39 is 0 Å². The molecule has 106 valence electrons. The van der Waals surface area contributed by atoms with Gasteiger partial charge in [-0.3, -0.25) is 10.1 Å². The SMILES string of the molecule is Cc1ccc([N+](=O)[O-])cc1C(c1ccc[nH]1)c1ccc[nH]1. The molecule has 0 unspecified atom stereocenters. The first-order chi connectivity index (χ1) is 10.2. The second-order valence-electron chi connectivity index (χ2n) is 4.98. The van der Waals surface area contributed by atoms with Crippen LogP contribution in [0.2, 0.25) is 0 Å². The number of nitro groups is 1. The van der Waals surface area contributed by atoms with Crippen LogP contribution < -0.4 is 0 Å². The van der Waals surface area contributed by atoms with Gasteiger partial charge in [-0.05, 0) is 42.3 Å². The van der Waals surface area contributed by atoms with E-state index in [1.807, 2.05) is 43.6 Å². The summed E-state index contributed by atoms with van der Waals surface area (Å²) in [4.78, 5) is 17.1. The molecule has 3 aromatic rings.